The van der Waals surface area contributed by atoms with Crippen LogP contribution in [-0.4, -0.2) is 27.3 Å². The monoisotopic (exact) mass is 402 g/mol. The van der Waals surface area contributed by atoms with Crippen molar-refractivity contribution in [3.05, 3.63) is 76.2 Å². The minimum absolute atomic E-state index is 0. The maximum absolute atomic E-state index is 12.2. The second kappa shape index (κ2) is 9.05. The lowest BCUT2D eigenvalue weighted by atomic mass is 10.1. The zero-order valence-electron chi connectivity index (χ0n) is 15.5. The van der Waals surface area contributed by atoms with Crippen LogP contribution in [0.25, 0.3) is 11.3 Å². The highest BCUT2D eigenvalue weighted by Gasteiger charge is 2.10. The molecule has 0 saturated carbocycles. The van der Waals surface area contributed by atoms with E-state index in [0.717, 1.165) is 15.8 Å². The third kappa shape index (κ3) is 5.68. The van der Waals surface area contributed by atoms with E-state index in [9.17, 15) is 18.4 Å². The minimum Gasteiger partial charge on any atom is -0.417 e. The molecule has 0 saturated heterocycles. The van der Waals surface area contributed by atoms with Crippen LogP contribution in [0, 0.1) is 6.92 Å². The number of alkyl halides is 2. The van der Waals surface area contributed by atoms with Gasteiger partial charge in [-0.05, 0) is 24.6 Å². The van der Waals surface area contributed by atoms with E-state index in [2.05, 4.69) is 20.1 Å². The number of ether oxygens (including phenoxy) is 1. The van der Waals surface area contributed by atoms with Crippen LogP contribution in [0.4, 0.5) is 8.78 Å². The van der Waals surface area contributed by atoms with Gasteiger partial charge in [0, 0.05) is 31.9 Å². The molecule has 0 radical (unpaired) electrons. The molecule has 1 N–H and O–H groups in total. The molecule has 3 rings (SSSR count). The number of hydrogen-bond donors (Lipinski definition) is 1. The Kier molecular flexibility index (Phi) is 6.28. The molecule has 152 valence electrons. The first-order valence-electron chi connectivity index (χ1n) is 8.72. The summed E-state index contributed by atoms with van der Waals surface area (Å²) in [5, 5.41) is 6.90. The van der Waals surface area contributed by atoms with E-state index in [1.54, 1.807) is 0 Å². The van der Waals surface area contributed by atoms with Crippen molar-refractivity contribution in [1.82, 2.24) is 20.1 Å². The lowest BCUT2D eigenvalue weighted by molar-refractivity contribution is -0.122. The molecule has 0 aliphatic rings. The number of aromatic nitrogens is 3. The van der Waals surface area contributed by atoms with Crippen LogP contribution in [0.2, 0.25) is 0 Å². The molecule has 1 aromatic carbocycles. The first kappa shape index (κ1) is 20.1. The lowest BCUT2D eigenvalue weighted by Crippen LogP contribution is -2.33. The SMILES string of the molecule is Cc1cccc(CNC(=O)Cn2nc(-c3ccc(OC(F)F)nc3)ccc2=O)c1.[HH]. The average molecular weight is 402 g/mol. The van der Waals surface area contributed by atoms with Crippen LogP contribution in [0.15, 0.2) is 59.5 Å². The first-order chi connectivity index (χ1) is 13.9. The van der Waals surface area contributed by atoms with Gasteiger partial charge < -0.3 is 10.1 Å². The smallest absolute Gasteiger partial charge is 0.388 e. The number of carbonyl (C=O) groups is 1. The Hall–Kier alpha value is -3.62. The predicted octanol–water partition coefficient (Wildman–Crippen LogP) is 2.78. The summed E-state index contributed by atoms with van der Waals surface area (Å²) in [6, 6.07) is 13.2. The summed E-state index contributed by atoms with van der Waals surface area (Å²) in [5.41, 5.74) is 2.45. The Labute approximate surface area is 166 Å². The molecular formula is C20H20F2N4O3. The second-order valence-electron chi connectivity index (χ2n) is 6.24. The fourth-order valence-corrected chi connectivity index (χ4v) is 2.62. The van der Waals surface area contributed by atoms with Gasteiger partial charge in [-0.2, -0.15) is 13.9 Å². The molecular weight excluding hydrogens is 382 g/mol. The van der Waals surface area contributed by atoms with Crippen LogP contribution in [0.3, 0.4) is 0 Å². The number of carbonyl (C=O) groups excluding carboxylic acids is 1. The number of rotatable bonds is 7. The normalized spacial score (nSPS) is 10.8. The Morgan fingerprint density at radius 2 is 2.07 bits per heavy atom. The molecule has 0 spiro atoms. The molecule has 2 aromatic heterocycles. The number of nitrogens with zero attached hydrogens (tertiary/aromatic N) is 3. The summed E-state index contributed by atoms with van der Waals surface area (Å²) in [7, 11) is 0. The highest BCUT2D eigenvalue weighted by Crippen LogP contribution is 2.18. The molecule has 9 heteroatoms. The molecule has 0 bridgehead atoms. The number of amides is 1. The van der Waals surface area contributed by atoms with E-state index in [1.165, 1.54) is 30.5 Å². The molecule has 0 aliphatic carbocycles. The zero-order chi connectivity index (χ0) is 20.8. The summed E-state index contributed by atoms with van der Waals surface area (Å²) in [4.78, 5) is 28.0. The van der Waals surface area contributed by atoms with E-state index in [1.807, 2.05) is 31.2 Å². The van der Waals surface area contributed by atoms with Gasteiger partial charge in [-0.25, -0.2) is 9.67 Å². The Morgan fingerprint density at radius 3 is 2.76 bits per heavy atom. The van der Waals surface area contributed by atoms with Crippen molar-refractivity contribution in [1.29, 1.82) is 0 Å². The van der Waals surface area contributed by atoms with Gasteiger partial charge >= 0.3 is 6.61 Å². The summed E-state index contributed by atoms with van der Waals surface area (Å²) in [6.45, 7) is -0.920. The maximum atomic E-state index is 12.2. The Morgan fingerprint density at radius 1 is 1.24 bits per heavy atom. The van der Waals surface area contributed by atoms with E-state index >= 15 is 0 Å². The van der Waals surface area contributed by atoms with Crippen molar-refractivity contribution >= 4 is 5.91 Å². The van der Waals surface area contributed by atoms with Crippen LogP contribution in [-0.2, 0) is 17.9 Å². The van der Waals surface area contributed by atoms with Crippen LogP contribution in [0.1, 0.15) is 12.6 Å². The predicted molar refractivity (Wildman–Crippen MR) is 103 cm³/mol. The molecule has 0 aliphatic heterocycles. The Bertz CT molecular complexity index is 1060. The molecule has 1 amide bonds. The third-order valence-corrected chi connectivity index (χ3v) is 3.97. The van der Waals surface area contributed by atoms with Crippen molar-refractivity contribution in [2.45, 2.75) is 26.6 Å². The van der Waals surface area contributed by atoms with E-state index in [0.29, 0.717) is 17.8 Å². The fourth-order valence-electron chi connectivity index (χ4n) is 2.62. The van der Waals surface area contributed by atoms with Crippen molar-refractivity contribution < 1.29 is 19.7 Å². The Balaban J connectivity index is 0.00000320. The minimum atomic E-state index is -2.97. The lowest BCUT2D eigenvalue weighted by Gasteiger charge is -2.09. The van der Waals surface area contributed by atoms with Crippen molar-refractivity contribution in [2.75, 3.05) is 0 Å². The van der Waals surface area contributed by atoms with Gasteiger partial charge in [0.15, 0.2) is 0 Å². The zero-order valence-corrected chi connectivity index (χ0v) is 15.5. The largest absolute Gasteiger partial charge is 0.417 e. The van der Waals surface area contributed by atoms with E-state index in [4.69, 9.17) is 0 Å². The maximum Gasteiger partial charge on any atom is 0.388 e. The van der Waals surface area contributed by atoms with Crippen LogP contribution >= 0.6 is 0 Å². The van der Waals surface area contributed by atoms with Crippen LogP contribution in [0.5, 0.6) is 5.88 Å². The molecule has 7 nitrogen and oxygen atoms in total. The van der Waals surface area contributed by atoms with Gasteiger partial charge in [-0.3, -0.25) is 9.59 Å². The summed E-state index contributed by atoms with van der Waals surface area (Å²) in [5.74, 6) is -0.593. The van der Waals surface area contributed by atoms with Crippen LogP contribution < -0.4 is 15.6 Å². The van der Waals surface area contributed by atoms with Gasteiger partial charge in [-0.1, -0.05) is 29.8 Å². The number of halogens is 2. The van der Waals surface area contributed by atoms with Gasteiger partial charge in [0.1, 0.15) is 6.54 Å². The van der Waals surface area contributed by atoms with E-state index in [-0.39, 0.29) is 19.8 Å². The number of nitrogens with one attached hydrogen (secondary N) is 1. The summed E-state index contributed by atoms with van der Waals surface area (Å²) in [6.07, 6.45) is 1.30. The van der Waals surface area contributed by atoms with Crippen molar-refractivity contribution in [2.24, 2.45) is 0 Å². The van der Waals surface area contributed by atoms with Crippen molar-refractivity contribution in [3.8, 4) is 17.1 Å². The highest BCUT2D eigenvalue weighted by molar-refractivity contribution is 5.75. The average Bonchev–Trinajstić information content (AvgIpc) is 2.68. The van der Waals surface area contributed by atoms with Gasteiger partial charge in [0.25, 0.3) is 5.56 Å². The standard InChI is InChI=1S/C20H18F2N4O3.H2/c1-13-3-2-4-14(9-13)10-23-17(27)12-26-19(28)8-6-16(25-26)15-5-7-18(24-11-15)29-20(21)22;/h2-9,11,20H,10,12H2,1H3,(H,23,27);1H. The van der Waals surface area contributed by atoms with Gasteiger partial charge in [0.2, 0.25) is 11.8 Å². The second-order valence-corrected chi connectivity index (χ2v) is 6.24. The van der Waals surface area contributed by atoms with Crippen molar-refractivity contribution in [3.63, 3.8) is 0 Å². The number of benzene rings is 1. The highest BCUT2D eigenvalue weighted by atomic mass is 19.3. The van der Waals surface area contributed by atoms with Gasteiger partial charge in [0.05, 0.1) is 5.69 Å². The number of pyridine rings is 1. The summed E-state index contributed by atoms with van der Waals surface area (Å²) >= 11 is 0. The molecule has 0 atom stereocenters. The van der Waals surface area contributed by atoms with E-state index < -0.39 is 12.2 Å². The molecule has 3 aromatic rings. The quantitative estimate of drug-likeness (QED) is 0.657. The fraction of sp³-hybridized carbons (Fsp3) is 0.200. The molecule has 0 unspecified atom stereocenters. The third-order valence-electron chi connectivity index (χ3n) is 3.97. The molecule has 29 heavy (non-hydrogen) atoms. The number of hydrogen-bond acceptors (Lipinski definition) is 5. The topological polar surface area (TPSA) is 86.1 Å². The molecule has 2 heterocycles. The number of aryl methyl sites for hydroxylation is 1. The van der Waals surface area contributed by atoms with Gasteiger partial charge in [-0.15, -0.1) is 0 Å². The first-order valence-corrected chi connectivity index (χ1v) is 8.72. The molecule has 0 fully saturated rings. The summed E-state index contributed by atoms with van der Waals surface area (Å²) < 4.78 is 29.6.